The average Bonchev–Trinajstić information content (AvgIpc) is 3.37. The van der Waals surface area contributed by atoms with E-state index in [0.717, 1.165) is 56.9 Å². The molecule has 0 bridgehead atoms. The van der Waals surface area contributed by atoms with E-state index in [1.807, 2.05) is 30.9 Å². The molecule has 1 amide bonds. The minimum atomic E-state index is -0.662. The van der Waals surface area contributed by atoms with Crippen molar-refractivity contribution < 1.29 is 19.5 Å². The number of nitrogens with zero attached hydrogens (tertiary/aromatic N) is 2. The van der Waals surface area contributed by atoms with E-state index >= 15 is 0 Å². The summed E-state index contributed by atoms with van der Waals surface area (Å²) in [6.45, 7) is 16.7. The number of aliphatic hydroxyl groups is 1. The van der Waals surface area contributed by atoms with Crippen LogP contribution in [-0.2, 0) is 14.4 Å². The van der Waals surface area contributed by atoms with Crippen molar-refractivity contribution in [1.29, 1.82) is 5.26 Å². The molecule has 1 saturated heterocycles. The molecule has 3 saturated carbocycles. The van der Waals surface area contributed by atoms with Gasteiger partial charge in [-0.05, 0) is 97.4 Å². The van der Waals surface area contributed by atoms with Gasteiger partial charge in [0.05, 0.1) is 11.7 Å². The molecule has 6 nitrogen and oxygen atoms in total. The SMILES string of the molecule is CC1(C)CC[C@]2(CCC(=O)N3CC[C@H](O)C3)CC[C@]3(C)C(C(=O)C=C4[C@@]5(C)C=C(C#N)C(=O)C(C)(C)[C@@H]5CC[C@]43C)C2C1. The van der Waals surface area contributed by atoms with Crippen LogP contribution in [0.3, 0.4) is 0 Å². The fourth-order valence-electron chi connectivity index (χ4n) is 11.7. The lowest BCUT2D eigenvalue weighted by Crippen LogP contribution is -2.64. The van der Waals surface area contributed by atoms with Crippen LogP contribution in [0.2, 0.25) is 0 Å². The Morgan fingerprint density at radius 3 is 2.37 bits per heavy atom. The Morgan fingerprint density at radius 2 is 1.72 bits per heavy atom. The van der Waals surface area contributed by atoms with Gasteiger partial charge >= 0.3 is 0 Å². The third-order valence-corrected chi connectivity index (χ3v) is 14.4. The number of carbonyl (C=O) groups is 3. The third-order valence-electron chi connectivity index (χ3n) is 14.4. The summed E-state index contributed by atoms with van der Waals surface area (Å²) >= 11 is 0. The number of hydrogen-bond acceptors (Lipinski definition) is 5. The van der Waals surface area contributed by atoms with Crippen LogP contribution in [0.1, 0.15) is 113 Å². The Bertz CT molecular complexity index is 1370. The van der Waals surface area contributed by atoms with Gasteiger partial charge in [0.25, 0.3) is 0 Å². The van der Waals surface area contributed by atoms with Gasteiger partial charge in [-0.2, -0.15) is 5.26 Å². The molecule has 6 heteroatoms. The molecule has 1 N–H and O–H groups in total. The van der Waals surface area contributed by atoms with Crippen LogP contribution in [0.4, 0.5) is 0 Å². The van der Waals surface area contributed by atoms with Crippen molar-refractivity contribution in [3.63, 3.8) is 0 Å². The molecule has 0 spiro atoms. The number of aliphatic hydroxyl groups excluding tert-OH is 1. The molecule has 0 aromatic carbocycles. The predicted molar refractivity (Wildman–Crippen MR) is 165 cm³/mol. The zero-order valence-corrected chi connectivity index (χ0v) is 27.5. The minimum absolute atomic E-state index is 0.0285. The maximum Gasteiger partial charge on any atom is 0.222 e. The molecule has 8 atom stereocenters. The Morgan fingerprint density at radius 1 is 1.02 bits per heavy atom. The van der Waals surface area contributed by atoms with Gasteiger partial charge in [0, 0.05) is 36.3 Å². The third kappa shape index (κ3) is 4.23. The van der Waals surface area contributed by atoms with Crippen LogP contribution < -0.4 is 0 Å². The summed E-state index contributed by atoms with van der Waals surface area (Å²) in [5, 5.41) is 20.0. The number of Topliss-reactive ketones (excluding diaryl/α,β-unsaturated/α-hetero) is 1. The van der Waals surface area contributed by atoms with Crippen molar-refractivity contribution in [3.05, 3.63) is 23.3 Å². The van der Waals surface area contributed by atoms with E-state index in [-0.39, 0.29) is 62.5 Å². The van der Waals surface area contributed by atoms with E-state index in [9.17, 15) is 24.8 Å². The smallest absolute Gasteiger partial charge is 0.222 e. The standard InChI is InChI=1S/C37H52N2O4/c1-32(2)13-15-37(12-9-29(42)39-17-10-24(40)22-39)16-14-36(7)30(25(37)20-32)26(41)18-28-34(5)19-23(21-38)31(43)33(3,4)27(34)8-11-35(28,36)6/h18-19,24-25,27,30,40H,8-17,20,22H2,1-7H3/t24-,25?,27-,30?,34-,35+,36+,37+/m0/s1. The molecule has 0 radical (unpaired) electrons. The predicted octanol–water partition coefficient (Wildman–Crippen LogP) is 6.58. The fraction of sp³-hybridized carbons (Fsp3) is 0.784. The second-order valence-electron chi connectivity index (χ2n) is 17.4. The summed E-state index contributed by atoms with van der Waals surface area (Å²) in [7, 11) is 0. The van der Waals surface area contributed by atoms with Crippen LogP contribution in [0.15, 0.2) is 23.3 Å². The first-order chi connectivity index (χ1) is 19.9. The lowest BCUT2D eigenvalue weighted by atomic mass is 9.34. The quantitative estimate of drug-likeness (QED) is 0.402. The molecule has 43 heavy (non-hydrogen) atoms. The van der Waals surface area contributed by atoms with E-state index in [4.69, 9.17) is 0 Å². The Balaban J connectivity index is 1.40. The van der Waals surface area contributed by atoms with Gasteiger partial charge in [-0.1, -0.05) is 60.1 Å². The van der Waals surface area contributed by atoms with Crippen molar-refractivity contribution in [1.82, 2.24) is 4.90 Å². The van der Waals surface area contributed by atoms with E-state index in [0.29, 0.717) is 25.9 Å². The number of hydrogen-bond donors (Lipinski definition) is 1. The first kappa shape index (κ1) is 30.8. The number of likely N-dealkylation sites (tertiary alicyclic amines) is 1. The minimum Gasteiger partial charge on any atom is -0.391 e. The first-order valence-corrected chi connectivity index (χ1v) is 16.8. The van der Waals surface area contributed by atoms with Crippen molar-refractivity contribution in [2.75, 3.05) is 13.1 Å². The average molecular weight is 589 g/mol. The van der Waals surface area contributed by atoms with Gasteiger partial charge < -0.3 is 10.0 Å². The van der Waals surface area contributed by atoms with Gasteiger partial charge in [0.2, 0.25) is 5.91 Å². The summed E-state index contributed by atoms with van der Waals surface area (Å²) in [6.07, 6.45) is 12.4. The Labute approximate surface area is 258 Å². The topological polar surface area (TPSA) is 98.5 Å². The number of amides is 1. The molecule has 2 unspecified atom stereocenters. The number of ketones is 2. The second kappa shape index (κ2) is 9.62. The molecule has 4 fully saturated rings. The van der Waals surface area contributed by atoms with Crippen LogP contribution in [0.5, 0.6) is 0 Å². The summed E-state index contributed by atoms with van der Waals surface area (Å²) in [5.74, 6) is 0.457. The number of rotatable bonds is 3. The van der Waals surface area contributed by atoms with Crippen LogP contribution >= 0.6 is 0 Å². The number of nitriles is 1. The van der Waals surface area contributed by atoms with E-state index in [2.05, 4.69) is 40.7 Å². The first-order valence-electron chi connectivity index (χ1n) is 16.8. The number of carbonyl (C=O) groups excluding carboxylic acids is 3. The maximum absolute atomic E-state index is 14.7. The van der Waals surface area contributed by atoms with Crippen LogP contribution in [0, 0.1) is 61.6 Å². The fourth-order valence-corrected chi connectivity index (χ4v) is 11.7. The van der Waals surface area contributed by atoms with Crippen molar-refractivity contribution >= 4 is 17.5 Å². The van der Waals surface area contributed by atoms with Crippen molar-refractivity contribution in [2.24, 2.45) is 50.2 Å². The maximum atomic E-state index is 14.7. The summed E-state index contributed by atoms with van der Waals surface area (Å²) in [5.41, 5.74) is -0.156. The largest absolute Gasteiger partial charge is 0.391 e. The zero-order chi connectivity index (χ0) is 31.4. The summed E-state index contributed by atoms with van der Waals surface area (Å²) < 4.78 is 0. The second-order valence-corrected chi connectivity index (χ2v) is 17.4. The lowest BCUT2D eigenvalue weighted by Gasteiger charge is -2.69. The molecule has 5 aliphatic carbocycles. The normalized spacial score (nSPS) is 44.7. The molecular weight excluding hydrogens is 536 g/mol. The highest BCUT2D eigenvalue weighted by Gasteiger charge is 2.69. The van der Waals surface area contributed by atoms with E-state index < -0.39 is 16.9 Å². The Hall–Kier alpha value is -2.26. The molecular formula is C37H52N2O4. The highest BCUT2D eigenvalue weighted by Crippen LogP contribution is 2.75. The van der Waals surface area contributed by atoms with Gasteiger partial charge in [0.1, 0.15) is 6.07 Å². The molecule has 1 heterocycles. The van der Waals surface area contributed by atoms with Gasteiger partial charge in [-0.15, -0.1) is 0 Å². The Kier molecular flexibility index (Phi) is 6.88. The van der Waals surface area contributed by atoms with Crippen molar-refractivity contribution in [2.45, 2.75) is 119 Å². The number of allylic oxidation sites excluding steroid dienone is 4. The molecule has 234 valence electrons. The van der Waals surface area contributed by atoms with Crippen LogP contribution in [0.25, 0.3) is 0 Å². The van der Waals surface area contributed by atoms with Crippen molar-refractivity contribution in [3.8, 4) is 6.07 Å². The molecule has 6 aliphatic rings. The number of fused-ring (bicyclic) bond motifs is 7. The number of β-amino-alcohol motifs (C(OH)–C–C–N with tert-alkyl or cyclic N) is 1. The zero-order valence-electron chi connectivity index (χ0n) is 27.5. The monoisotopic (exact) mass is 588 g/mol. The van der Waals surface area contributed by atoms with Gasteiger partial charge in [-0.25, -0.2) is 0 Å². The molecule has 0 aromatic rings. The van der Waals surface area contributed by atoms with E-state index in [1.54, 1.807) is 0 Å². The highest BCUT2D eigenvalue weighted by molar-refractivity contribution is 6.04. The molecule has 0 aromatic heterocycles. The molecule has 6 rings (SSSR count). The summed E-state index contributed by atoms with van der Waals surface area (Å²) in [4.78, 5) is 43.1. The molecule has 1 aliphatic heterocycles. The lowest BCUT2D eigenvalue weighted by molar-refractivity contribution is -0.173. The van der Waals surface area contributed by atoms with Gasteiger partial charge in [-0.3, -0.25) is 14.4 Å². The van der Waals surface area contributed by atoms with Crippen LogP contribution in [-0.4, -0.2) is 46.7 Å². The highest BCUT2D eigenvalue weighted by atomic mass is 16.3. The van der Waals surface area contributed by atoms with E-state index in [1.165, 1.54) is 0 Å². The summed E-state index contributed by atoms with van der Waals surface area (Å²) in [6, 6.07) is 2.20. The van der Waals surface area contributed by atoms with Gasteiger partial charge in [0.15, 0.2) is 11.6 Å².